The van der Waals surface area contributed by atoms with Gasteiger partial charge in [-0.1, -0.05) is 6.07 Å². The van der Waals surface area contributed by atoms with E-state index in [0.29, 0.717) is 17.0 Å². The van der Waals surface area contributed by atoms with E-state index in [1.54, 1.807) is 19.1 Å². The highest BCUT2D eigenvalue weighted by Crippen LogP contribution is 2.14. The summed E-state index contributed by atoms with van der Waals surface area (Å²) in [5.74, 6) is -1.41. The van der Waals surface area contributed by atoms with Crippen LogP contribution in [-0.2, 0) is 11.2 Å². The van der Waals surface area contributed by atoms with Gasteiger partial charge in [0, 0.05) is 5.69 Å². The Bertz CT molecular complexity index is 533. The van der Waals surface area contributed by atoms with Crippen LogP contribution in [0.25, 0.3) is 5.65 Å². The van der Waals surface area contributed by atoms with Crippen LogP contribution in [0.2, 0.25) is 0 Å². The van der Waals surface area contributed by atoms with Crippen LogP contribution in [0.1, 0.15) is 11.4 Å². The molecule has 0 spiro atoms. The number of carbonyl (C=O) groups is 1. The molecule has 2 rings (SSSR count). The Kier molecular flexibility index (Phi) is 2.15. The van der Waals surface area contributed by atoms with Gasteiger partial charge >= 0.3 is 5.97 Å². The van der Waals surface area contributed by atoms with Crippen molar-refractivity contribution in [2.24, 2.45) is 0 Å². The zero-order valence-corrected chi connectivity index (χ0v) is 8.07. The van der Waals surface area contributed by atoms with Crippen molar-refractivity contribution in [1.82, 2.24) is 9.38 Å². The number of carboxylic acid groups (broad SMARTS) is 1. The maximum atomic E-state index is 13.4. The predicted molar refractivity (Wildman–Crippen MR) is 51.2 cm³/mol. The molecule has 0 aliphatic heterocycles. The second-order valence-electron chi connectivity index (χ2n) is 3.26. The van der Waals surface area contributed by atoms with Gasteiger partial charge in [-0.25, -0.2) is 4.98 Å². The maximum absolute atomic E-state index is 13.4. The Hall–Kier alpha value is -1.91. The van der Waals surface area contributed by atoms with Crippen LogP contribution in [0.5, 0.6) is 0 Å². The standard InChI is InChI=1S/C10H9FN2O2/c1-6-7(5-10(14)15)12-9-4-2-3-8(11)13(6)9/h2-4H,5H2,1H3,(H,14,15). The molecule has 2 aromatic rings. The normalized spacial score (nSPS) is 10.8. The number of hydrogen-bond donors (Lipinski definition) is 1. The summed E-state index contributed by atoms with van der Waals surface area (Å²) in [6, 6.07) is 4.50. The van der Waals surface area contributed by atoms with Gasteiger partial charge in [0.25, 0.3) is 0 Å². The fourth-order valence-corrected chi connectivity index (χ4v) is 1.55. The number of pyridine rings is 1. The number of rotatable bonds is 2. The smallest absolute Gasteiger partial charge is 0.309 e. The van der Waals surface area contributed by atoms with Gasteiger partial charge in [0.15, 0.2) is 5.95 Å². The zero-order chi connectivity index (χ0) is 11.0. The van der Waals surface area contributed by atoms with Gasteiger partial charge in [-0.05, 0) is 19.1 Å². The molecular formula is C10H9FN2O2. The maximum Gasteiger partial charge on any atom is 0.309 e. The lowest BCUT2D eigenvalue weighted by Gasteiger charge is -1.97. The lowest BCUT2D eigenvalue weighted by atomic mass is 10.2. The second-order valence-corrected chi connectivity index (χ2v) is 3.26. The van der Waals surface area contributed by atoms with Crippen molar-refractivity contribution in [1.29, 1.82) is 0 Å². The topological polar surface area (TPSA) is 54.6 Å². The van der Waals surface area contributed by atoms with E-state index in [-0.39, 0.29) is 6.42 Å². The van der Waals surface area contributed by atoms with Crippen molar-refractivity contribution in [2.45, 2.75) is 13.3 Å². The largest absolute Gasteiger partial charge is 0.481 e. The molecule has 78 valence electrons. The van der Waals surface area contributed by atoms with Gasteiger partial charge in [0.2, 0.25) is 0 Å². The molecule has 15 heavy (non-hydrogen) atoms. The molecule has 0 radical (unpaired) electrons. The van der Waals surface area contributed by atoms with Crippen LogP contribution in [0.3, 0.4) is 0 Å². The molecule has 0 aliphatic rings. The van der Waals surface area contributed by atoms with E-state index in [1.165, 1.54) is 10.5 Å². The number of aryl methyl sites for hydroxylation is 1. The summed E-state index contributed by atoms with van der Waals surface area (Å²) in [6.07, 6.45) is -0.188. The molecule has 2 heterocycles. The summed E-state index contributed by atoms with van der Waals surface area (Å²) in [7, 11) is 0. The molecule has 0 aromatic carbocycles. The Morgan fingerprint density at radius 3 is 2.93 bits per heavy atom. The number of carboxylic acids is 1. The molecule has 0 atom stereocenters. The quantitative estimate of drug-likeness (QED) is 0.759. The van der Waals surface area contributed by atoms with Gasteiger partial charge in [0.05, 0.1) is 12.1 Å². The van der Waals surface area contributed by atoms with Crippen molar-refractivity contribution in [3.8, 4) is 0 Å². The minimum atomic E-state index is -0.970. The lowest BCUT2D eigenvalue weighted by Crippen LogP contribution is -2.02. The highest BCUT2D eigenvalue weighted by atomic mass is 19.1. The number of aromatic nitrogens is 2. The molecule has 2 aromatic heterocycles. The van der Waals surface area contributed by atoms with Crippen LogP contribution in [-0.4, -0.2) is 20.5 Å². The number of fused-ring (bicyclic) bond motifs is 1. The first-order valence-corrected chi connectivity index (χ1v) is 4.44. The van der Waals surface area contributed by atoms with E-state index in [2.05, 4.69) is 4.98 Å². The van der Waals surface area contributed by atoms with E-state index in [0.717, 1.165) is 0 Å². The number of imidazole rings is 1. The van der Waals surface area contributed by atoms with Gasteiger partial charge in [-0.15, -0.1) is 0 Å². The number of halogens is 1. The molecule has 0 aliphatic carbocycles. The Morgan fingerprint density at radius 1 is 1.60 bits per heavy atom. The van der Waals surface area contributed by atoms with E-state index in [4.69, 9.17) is 5.11 Å². The minimum absolute atomic E-state index is 0.188. The summed E-state index contributed by atoms with van der Waals surface area (Å²) in [6.45, 7) is 1.65. The molecule has 0 bridgehead atoms. The first kappa shape index (κ1) is 9.64. The van der Waals surface area contributed by atoms with Crippen LogP contribution in [0, 0.1) is 12.9 Å². The zero-order valence-electron chi connectivity index (χ0n) is 8.07. The van der Waals surface area contributed by atoms with Crippen LogP contribution >= 0.6 is 0 Å². The Labute approximate surface area is 85.0 Å². The Morgan fingerprint density at radius 2 is 2.33 bits per heavy atom. The van der Waals surface area contributed by atoms with E-state index >= 15 is 0 Å². The van der Waals surface area contributed by atoms with Crippen molar-refractivity contribution >= 4 is 11.6 Å². The fourth-order valence-electron chi connectivity index (χ4n) is 1.55. The van der Waals surface area contributed by atoms with E-state index < -0.39 is 11.9 Å². The number of nitrogens with zero attached hydrogens (tertiary/aromatic N) is 2. The third-order valence-electron chi connectivity index (χ3n) is 2.24. The summed E-state index contributed by atoms with van der Waals surface area (Å²) in [5.41, 5.74) is 1.36. The average Bonchev–Trinajstić information content (AvgIpc) is 2.44. The summed E-state index contributed by atoms with van der Waals surface area (Å²) >= 11 is 0. The third kappa shape index (κ3) is 1.56. The molecule has 0 saturated heterocycles. The van der Waals surface area contributed by atoms with Crippen molar-refractivity contribution in [2.75, 3.05) is 0 Å². The van der Waals surface area contributed by atoms with Gasteiger partial charge in [0.1, 0.15) is 5.65 Å². The molecule has 0 amide bonds. The van der Waals surface area contributed by atoms with Crippen LogP contribution in [0.15, 0.2) is 18.2 Å². The van der Waals surface area contributed by atoms with E-state index in [9.17, 15) is 9.18 Å². The lowest BCUT2D eigenvalue weighted by molar-refractivity contribution is -0.136. The molecular weight excluding hydrogens is 199 g/mol. The third-order valence-corrected chi connectivity index (χ3v) is 2.24. The highest BCUT2D eigenvalue weighted by Gasteiger charge is 2.13. The van der Waals surface area contributed by atoms with Gasteiger partial charge in [-0.3, -0.25) is 9.20 Å². The molecule has 0 saturated carbocycles. The van der Waals surface area contributed by atoms with Crippen molar-refractivity contribution < 1.29 is 14.3 Å². The van der Waals surface area contributed by atoms with Crippen molar-refractivity contribution in [3.05, 3.63) is 35.5 Å². The second kappa shape index (κ2) is 3.34. The van der Waals surface area contributed by atoms with Crippen molar-refractivity contribution in [3.63, 3.8) is 0 Å². The summed E-state index contributed by atoms with van der Waals surface area (Å²) in [5, 5.41) is 8.64. The minimum Gasteiger partial charge on any atom is -0.481 e. The summed E-state index contributed by atoms with van der Waals surface area (Å²) < 4.78 is 14.7. The fraction of sp³-hybridized carbons (Fsp3) is 0.200. The molecule has 5 heteroatoms. The molecule has 4 nitrogen and oxygen atoms in total. The molecule has 0 fully saturated rings. The number of aliphatic carboxylic acids is 1. The van der Waals surface area contributed by atoms with Gasteiger partial charge < -0.3 is 5.11 Å². The number of hydrogen-bond acceptors (Lipinski definition) is 2. The molecule has 0 unspecified atom stereocenters. The van der Waals surface area contributed by atoms with Crippen LogP contribution in [0.4, 0.5) is 4.39 Å². The Balaban J connectivity index is 2.64. The van der Waals surface area contributed by atoms with Gasteiger partial charge in [-0.2, -0.15) is 4.39 Å². The SMILES string of the molecule is Cc1c(CC(=O)O)nc2cccc(F)n12. The van der Waals surface area contributed by atoms with E-state index in [1.807, 2.05) is 0 Å². The first-order chi connectivity index (χ1) is 7.09. The highest BCUT2D eigenvalue weighted by molar-refractivity contribution is 5.70. The first-order valence-electron chi connectivity index (χ1n) is 4.44. The molecule has 1 N–H and O–H groups in total. The summed E-state index contributed by atoms with van der Waals surface area (Å²) in [4.78, 5) is 14.6. The average molecular weight is 208 g/mol. The van der Waals surface area contributed by atoms with Crippen LogP contribution < -0.4 is 0 Å². The predicted octanol–water partition coefficient (Wildman–Crippen LogP) is 1.41. The monoisotopic (exact) mass is 208 g/mol.